The maximum Gasteiger partial charge on any atom is 0.410 e. The average Bonchev–Trinajstić information content (AvgIpc) is 2.99. The van der Waals surface area contributed by atoms with Crippen LogP contribution in [0.5, 0.6) is 0 Å². The van der Waals surface area contributed by atoms with Crippen LogP contribution >= 0.6 is 11.3 Å². The molecule has 0 radical (unpaired) electrons. The van der Waals surface area contributed by atoms with Crippen LogP contribution in [0.1, 0.15) is 33.6 Å². The second-order valence-corrected chi connectivity index (χ2v) is 9.85. The van der Waals surface area contributed by atoms with Gasteiger partial charge >= 0.3 is 6.09 Å². The molecule has 1 aliphatic heterocycles. The Bertz CT molecular complexity index is 635. The van der Waals surface area contributed by atoms with Crippen molar-refractivity contribution >= 4 is 27.5 Å². The molecule has 1 amide bonds. The maximum absolute atomic E-state index is 12.6. The normalized spacial score (nSPS) is 19.9. The minimum Gasteiger partial charge on any atom is -0.444 e. The molecule has 8 heteroatoms. The lowest BCUT2D eigenvalue weighted by Crippen LogP contribution is -2.51. The number of likely N-dealkylation sites (tertiary alicyclic amines) is 1. The van der Waals surface area contributed by atoms with Crippen molar-refractivity contribution in [3.8, 4) is 0 Å². The summed E-state index contributed by atoms with van der Waals surface area (Å²) in [5.41, 5.74) is -0.557. The second kappa shape index (κ2) is 6.78. The van der Waals surface area contributed by atoms with E-state index in [2.05, 4.69) is 0 Å². The number of hydrogen-bond donors (Lipinski definition) is 0. The Morgan fingerprint density at radius 3 is 2.70 bits per heavy atom. The molecule has 1 atom stereocenters. The topological polar surface area (TPSA) is 66.9 Å². The molecule has 2 heterocycles. The zero-order chi connectivity index (χ0) is 17.3. The Hall–Kier alpha value is -1.12. The van der Waals surface area contributed by atoms with Crippen LogP contribution in [0.15, 0.2) is 21.7 Å². The van der Waals surface area contributed by atoms with Crippen molar-refractivity contribution in [2.24, 2.45) is 0 Å². The predicted octanol–water partition coefficient (Wildman–Crippen LogP) is 2.77. The molecule has 0 aliphatic carbocycles. The van der Waals surface area contributed by atoms with E-state index in [1.807, 2.05) is 20.8 Å². The smallest absolute Gasteiger partial charge is 0.410 e. The Kier molecular flexibility index (Phi) is 5.37. The number of piperidine rings is 1. The Balaban J connectivity index is 2.08. The molecule has 1 fully saturated rings. The van der Waals surface area contributed by atoms with E-state index in [9.17, 15) is 13.2 Å². The van der Waals surface area contributed by atoms with Crippen LogP contribution in [0.2, 0.25) is 0 Å². The summed E-state index contributed by atoms with van der Waals surface area (Å²) < 4.78 is 32.3. The van der Waals surface area contributed by atoms with E-state index >= 15 is 0 Å². The van der Waals surface area contributed by atoms with Crippen molar-refractivity contribution in [3.05, 3.63) is 17.5 Å². The van der Waals surface area contributed by atoms with Gasteiger partial charge in [-0.3, -0.25) is 0 Å². The number of ether oxygens (including phenoxy) is 1. The largest absolute Gasteiger partial charge is 0.444 e. The fourth-order valence-electron chi connectivity index (χ4n) is 2.49. The number of sulfonamides is 1. The molecule has 6 nitrogen and oxygen atoms in total. The van der Waals surface area contributed by atoms with Crippen molar-refractivity contribution in [2.75, 3.05) is 20.1 Å². The minimum absolute atomic E-state index is 0.233. The van der Waals surface area contributed by atoms with Gasteiger partial charge in [0.1, 0.15) is 9.81 Å². The highest BCUT2D eigenvalue weighted by Crippen LogP contribution is 2.25. The van der Waals surface area contributed by atoms with Crippen molar-refractivity contribution in [2.45, 2.75) is 49.5 Å². The van der Waals surface area contributed by atoms with Gasteiger partial charge in [0.05, 0.1) is 0 Å². The number of carbonyl (C=O) groups excluding carboxylic acids is 1. The van der Waals surface area contributed by atoms with Gasteiger partial charge in [0.15, 0.2) is 0 Å². The molecule has 0 aromatic carbocycles. The molecule has 2 rings (SSSR count). The third kappa shape index (κ3) is 4.45. The summed E-state index contributed by atoms with van der Waals surface area (Å²) in [7, 11) is -1.92. The van der Waals surface area contributed by atoms with Crippen LogP contribution in [0.25, 0.3) is 0 Å². The van der Waals surface area contributed by atoms with E-state index in [0.717, 1.165) is 12.8 Å². The van der Waals surface area contributed by atoms with Gasteiger partial charge in [-0.15, -0.1) is 11.3 Å². The lowest BCUT2D eigenvalue weighted by molar-refractivity contribution is 0.0163. The fraction of sp³-hybridized carbons (Fsp3) is 0.667. The van der Waals surface area contributed by atoms with Crippen LogP contribution in [0, 0.1) is 0 Å². The maximum atomic E-state index is 12.6. The SMILES string of the molecule is CN([C@H]1CCCN(C(=O)OC(C)(C)C)C1)S(=O)(=O)c1cccs1. The third-order valence-electron chi connectivity index (χ3n) is 3.69. The Labute approximate surface area is 142 Å². The summed E-state index contributed by atoms with van der Waals surface area (Å²) >= 11 is 1.20. The van der Waals surface area contributed by atoms with Gasteiger partial charge < -0.3 is 9.64 Å². The van der Waals surface area contributed by atoms with Crippen molar-refractivity contribution in [1.29, 1.82) is 0 Å². The summed E-state index contributed by atoms with van der Waals surface area (Å²) in [6, 6.07) is 3.09. The van der Waals surface area contributed by atoms with Crippen molar-refractivity contribution in [1.82, 2.24) is 9.21 Å². The van der Waals surface area contributed by atoms with E-state index in [0.29, 0.717) is 17.3 Å². The summed E-state index contributed by atoms with van der Waals surface area (Å²) in [5.74, 6) is 0. The molecule has 1 aromatic rings. The van der Waals surface area contributed by atoms with Crippen LogP contribution < -0.4 is 0 Å². The van der Waals surface area contributed by atoms with E-state index in [1.165, 1.54) is 15.6 Å². The lowest BCUT2D eigenvalue weighted by Gasteiger charge is -2.37. The number of rotatable bonds is 3. The average molecular weight is 361 g/mol. The van der Waals surface area contributed by atoms with Crippen LogP contribution in [-0.2, 0) is 14.8 Å². The van der Waals surface area contributed by atoms with Gasteiger partial charge in [-0.1, -0.05) is 6.07 Å². The van der Waals surface area contributed by atoms with Crippen molar-refractivity contribution < 1.29 is 17.9 Å². The minimum atomic E-state index is -3.51. The first-order valence-electron chi connectivity index (χ1n) is 7.61. The third-order valence-corrected chi connectivity index (χ3v) is 6.97. The lowest BCUT2D eigenvalue weighted by atomic mass is 10.1. The molecule has 0 spiro atoms. The van der Waals surface area contributed by atoms with Gasteiger partial charge in [0, 0.05) is 26.2 Å². The standard InChI is InChI=1S/C15H24N2O4S2/c1-15(2,3)21-14(18)17-9-5-7-12(11-17)16(4)23(19,20)13-8-6-10-22-13/h6,8,10,12H,5,7,9,11H2,1-4H3/t12-/m0/s1. The van der Waals surface area contributed by atoms with Gasteiger partial charge in [-0.05, 0) is 45.1 Å². The molecule has 0 bridgehead atoms. The number of likely N-dealkylation sites (N-methyl/N-ethyl adjacent to an activating group) is 1. The molecule has 0 unspecified atom stereocenters. The highest BCUT2D eigenvalue weighted by atomic mass is 32.2. The highest BCUT2D eigenvalue weighted by Gasteiger charge is 2.34. The Morgan fingerprint density at radius 2 is 2.13 bits per heavy atom. The summed E-state index contributed by atoms with van der Waals surface area (Å²) in [6.07, 6.45) is 1.11. The molecular formula is C15H24N2O4S2. The number of nitrogens with zero attached hydrogens (tertiary/aromatic N) is 2. The number of hydrogen-bond acceptors (Lipinski definition) is 5. The monoisotopic (exact) mass is 360 g/mol. The van der Waals surface area contributed by atoms with Gasteiger partial charge in [-0.2, -0.15) is 4.31 Å². The second-order valence-electron chi connectivity index (χ2n) is 6.68. The first kappa shape index (κ1) is 18.2. The van der Waals surface area contributed by atoms with Gasteiger partial charge in [0.2, 0.25) is 0 Å². The molecular weight excluding hydrogens is 336 g/mol. The fourth-order valence-corrected chi connectivity index (χ4v) is 5.05. The van der Waals surface area contributed by atoms with Crippen molar-refractivity contribution in [3.63, 3.8) is 0 Å². The predicted molar refractivity (Wildman–Crippen MR) is 90.1 cm³/mol. The van der Waals surface area contributed by atoms with Crippen LogP contribution in [0.4, 0.5) is 4.79 Å². The zero-order valence-corrected chi connectivity index (χ0v) is 15.6. The molecule has 23 heavy (non-hydrogen) atoms. The van der Waals surface area contributed by atoms with E-state index in [-0.39, 0.29) is 12.1 Å². The first-order valence-corrected chi connectivity index (χ1v) is 9.93. The summed E-state index contributed by atoms with van der Waals surface area (Å²) in [4.78, 5) is 13.8. The van der Waals surface area contributed by atoms with E-state index in [4.69, 9.17) is 4.74 Å². The number of amides is 1. The van der Waals surface area contributed by atoms with Crippen LogP contribution in [0.3, 0.4) is 0 Å². The quantitative estimate of drug-likeness (QED) is 0.831. The van der Waals surface area contributed by atoms with Crippen LogP contribution in [-0.4, -0.2) is 55.5 Å². The molecule has 0 N–H and O–H groups in total. The molecule has 130 valence electrons. The highest BCUT2D eigenvalue weighted by molar-refractivity contribution is 7.91. The molecule has 1 aliphatic rings. The van der Waals surface area contributed by atoms with Gasteiger partial charge in [-0.25, -0.2) is 13.2 Å². The molecule has 1 saturated heterocycles. The summed E-state index contributed by atoms with van der Waals surface area (Å²) in [5, 5.41) is 1.74. The molecule has 1 aromatic heterocycles. The first-order chi connectivity index (χ1) is 10.6. The van der Waals surface area contributed by atoms with E-state index < -0.39 is 15.6 Å². The number of thiophene rings is 1. The summed E-state index contributed by atoms with van der Waals surface area (Å²) in [6.45, 7) is 6.41. The molecule has 0 saturated carbocycles. The Morgan fingerprint density at radius 1 is 1.43 bits per heavy atom. The van der Waals surface area contributed by atoms with Gasteiger partial charge in [0.25, 0.3) is 10.0 Å². The van der Waals surface area contributed by atoms with E-state index in [1.54, 1.807) is 29.5 Å². The number of carbonyl (C=O) groups is 1. The zero-order valence-electron chi connectivity index (χ0n) is 14.0.